The zero-order valence-corrected chi connectivity index (χ0v) is 15.7. The highest BCUT2D eigenvalue weighted by Crippen LogP contribution is 2.26. The predicted octanol–water partition coefficient (Wildman–Crippen LogP) is 4.29. The molecule has 1 aliphatic rings. The summed E-state index contributed by atoms with van der Waals surface area (Å²) in [6.45, 7) is 1.74. The second-order valence-electron chi connectivity index (χ2n) is 6.69. The van der Waals surface area contributed by atoms with E-state index < -0.39 is 5.91 Å². The monoisotopic (exact) mass is 375 g/mol. The molecule has 0 unspecified atom stereocenters. The van der Waals surface area contributed by atoms with Crippen molar-refractivity contribution in [3.8, 4) is 0 Å². The van der Waals surface area contributed by atoms with Crippen molar-refractivity contribution < 1.29 is 14.1 Å². The summed E-state index contributed by atoms with van der Waals surface area (Å²) in [6.07, 6.45) is 5.61. The zero-order chi connectivity index (χ0) is 18.7. The average Bonchev–Trinajstić information content (AvgIpc) is 3.08. The molecule has 1 aliphatic carbocycles. The lowest BCUT2D eigenvalue weighted by Crippen LogP contribution is -2.38. The van der Waals surface area contributed by atoms with Gasteiger partial charge in [0.05, 0.1) is 16.3 Å². The molecular weight excluding hydrogens is 354 g/mol. The summed E-state index contributed by atoms with van der Waals surface area (Å²) in [6, 6.07) is 6.69. The highest BCUT2D eigenvalue weighted by atomic mass is 35.5. The van der Waals surface area contributed by atoms with Crippen LogP contribution in [0.3, 0.4) is 0 Å². The Morgan fingerprint density at radius 3 is 2.58 bits per heavy atom. The third-order valence-electron chi connectivity index (χ3n) is 4.75. The number of aromatic nitrogens is 1. The van der Waals surface area contributed by atoms with Crippen LogP contribution in [0, 0.1) is 6.92 Å². The third kappa shape index (κ3) is 4.07. The molecule has 2 aromatic rings. The molecule has 0 aliphatic heterocycles. The number of nitrogens with one attached hydrogen (secondary N) is 1. The Hall–Kier alpha value is -2.34. The fourth-order valence-corrected chi connectivity index (χ4v) is 3.52. The summed E-state index contributed by atoms with van der Waals surface area (Å²) in [5.41, 5.74) is 1.55. The molecule has 2 amide bonds. The largest absolute Gasteiger partial charge is 0.351 e. The van der Waals surface area contributed by atoms with Gasteiger partial charge in [-0.25, -0.2) is 0 Å². The fraction of sp³-hybridized carbons (Fsp3) is 0.421. The molecule has 1 N–H and O–H groups in total. The predicted molar refractivity (Wildman–Crippen MR) is 99.6 cm³/mol. The van der Waals surface area contributed by atoms with Gasteiger partial charge in [-0.05, 0) is 38.0 Å². The topological polar surface area (TPSA) is 75.4 Å². The number of benzene rings is 1. The lowest BCUT2D eigenvalue weighted by Gasteiger charge is -2.31. The first-order chi connectivity index (χ1) is 12.5. The van der Waals surface area contributed by atoms with E-state index in [9.17, 15) is 9.59 Å². The van der Waals surface area contributed by atoms with E-state index >= 15 is 0 Å². The van der Waals surface area contributed by atoms with Crippen LogP contribution in [0.1, 0.15) is 58.7 Å². The van der Waals surface area contributed by atoms with Crippen LogP contribution in [0.15, 0.2) is 28.8 Å². The summed E-state index contributed by atoms with van der Waals surface area (Å²) in [5, 5.41) is 6.68. The summed E-state index contributed by atoms with van der Waals surface area (Å²) in [4.78, 5) is 26.7. The molecule has 1 aromatic carbocycles. The molecule has 6 nitrogen and oxygen atoms in total. The van der Waals surface area contributed by atoms with Crippen molar-refractivity contribution in [2.45, 2.75) is 45.1 Å². The highest BCUT2D eigenvalue weighted by molar-refractivity contribution is 6.34. The smallest absolute Gasteiger partial charge is 0.294 e. The minimum Gasteiger partial charge on any atom is -0.351 e. The molecule has 1 fully saturated rings. The first-order valence-corrected chi connectivity index (χ1v) is 9.15. The van der Waals surface area contributed by atoms with Crippen molar-refractivity contribution in [3.05, 3.63) is 46.3 Å². The van der Waals surface area contributed by atoms with Crippen molar-refractivity contribution in [2.24, 2.45) is 0 Å². The van der Waals surface area contributed by atoms with E-state index in [-0.39, 0.29) is 17.7 Å². The van der Waals surface area contributed by atoms with Gasteiger partial charge in [0, 0.05) is 24.8 Å². The van der Waals surface area contributed by atoms with Gasteiger partial charge in [0.25, 0.3) is 11.8 Å². The first kappa shape index (κ1) is 18.5. The number of carbonyl (C=O) groups is 2. The zero-order valence-electron chi connectivity index (χ0n) is 14.9. The van der Waals surface area contributed by atoms with E-state index in [1.54, 1.807) is 36.1 Å². The summed E-state index contributed by atoms with van der Waals surface area (Å²) in [7, 11) is 1.83. The van der Waals surface area contributed by atoms with E-state index in [4.69, 9.17) is 16.1 Å². The minimum absolute atomic E-state index is 0.0920. The van der Waals surface area contributed by atoms with Gasteiger partial charge in [-0.1, -0.05) is 36.0 Å². The van der Waals surface area contributed by atoms with Crippen LogP contribution in [0.5, 0.6) is 0 Å². The standard InChI is InChI=1S/C19H22ClN3O3/c1-12-10-17(26-22-12)18(24)21-13-8-9-15(16(20)11-13)19(25)23(2)14-6-4-3-5-7-14/h8-11,14H,3-7H2,1-2H3,(H,21,24). The molecular formula is C19H22ClN3O3. The van der Waals surface area contributed by atoms with Gasteiger partial charge in [-0.3, -0.25) is 9.59 Å². The normalized spacial score (nSPS) is 14.9. The third-order valence-corrected chi connectivity index (χ3v) is 5.06. The molecule has 3 rings (SSSR count). The lowest BCUT2D eigenvalue weighted by molar-refractivity contribution is 0.0696. The second kappa shape index (κ2) is 7.91. The van der Waals surface area contributed by atoms with Crippen LogP contribution in [0.2, 0.25) is 5.02 Å². The number of carbonyl (C=O) groups excluding carboxylic acids is 2. The van der Waals surface area contributed by atoms with Gasteiger partial charge >= 0.3 is 0 Å². The molecule has 0 atom stereocenters. The molecule has 1 aromatic heterocycles. The van der Waals surface area contributed by atoms with Gasteiger partial charge in [-0.15, -0.1) is 0 Å². The molecule has 0 saturated heterocycles. The second-order valence-corrected chi connectivity index (χ2v) is 7.10. The van der Waals surface area contributed by atoms with Crippen molar-refractivity contribution in [2.75, 3.05) is 12.4 Å². The van der Waals surface area contributed by atoms with E-state index in [0.717, 1.165) is 25.7 Å². The summed E-state index contributed by atoms with van der Waals surface area (Å²) < 4.78 is 4.93. The van der Waals surface area contributed by atoms with Crippen LogP contribution in [0.25, 0.3) is 0 Å². The number of nitrogens with zero attached hydrogens (tertiary/aromatic N) is 2. The van der Waals surface area contributed by atoms with Crippen molar-refractivity contribution in [1.82, 2.24) is 10.1 Å². The van der Waals surface area contributed by atoms with Gasteiger partial charge in [0.15, 0.2) is 0 Å². The van der Waals surface area contributed by atoms with Gasteiger partial charge in [0.2, 0.25) is 5.76 Å². The molecule has 7 heteroatoms. The number of rotatable bonds is 4. The number of halogens is 1. The number of hydrogen-bond acceptors (Lipinski definition) is 4. The Kier molecular flexibility index (Phi) is 5.61. The number of aryl methyl sites for hydroxylation is 1. The fourth-order valence-electron chi connectivity index (χ4n) is 3.25. The van der Waals surface area contributed by atoms with Crippen molar-refractivity contribution >= 4 is 29.1 Å². The molecule has 26 heavy (non-hydrogen) atoms. The molecule has 1 saturated carbocycles. The maximum Gasteiger partial charge on any atom is 0.294 e. The van der Waals surface area contributed by atoms with E-state index in [2.05, 4.69) is 10.5 Å². The van der Waals surface area contributed by atoms with Gasteiger partial charge in [0.1, 0.15) is 0 Å². The Balaban J connectivity index is 1.70. The Bertz CT molecular complexity index is 812. The first-order valence-electron chi connectivity index (χ1n) is 8.77. The number of amides is 2. The van der Waals surface area contributed by atoms with E-state index in [1.807, 2.05) is 7.05 Å². The maximum absolute atomic E-state index is 12.8. The van der Waals surface area contributed by atoms with Crippen LogP contribution in [-0.2, 0) is 0 Å². The van der Waals surface area contributed by atoms with Crippen LogP contribution in [0.4, 0.5) is 5.69 Å². The summed E-state index contributed by atoms with van der Waals surface area (Å²) >= 11 is 6.31. The van der Waals surface area contributed by atoms with E-state index in [0.29, 0.717) is 22.0 Å². The van der Waals surface area contributed by atoms with Gasteiger partial charge in [-0.2, -0.15) is 0 Å². The Morgan fingerprint density at radius 1 is 1.23 bits per heavy atom. The molecule has 138 valence electrons. The highest BCUT2D eigenvalue weighted by Gasteiger charge is 2.24. The van der Waals surface area contributed by atoms with Crippen LogP contribution < -0.4 is 5.32 Å². The van der Waals surface area contributed by atoms with Crippen molar-refractivity contribution in [3.63, 3.8) is 0 Å². The number of anilines is 1. The number of hydrogen-bond donors (Lipinski definition) is 1. The van der Waals surface area contributed by atoms with Crippen LogP contribution in [-0.4, -0.2) is 35.0 Å². The Labute approximate surface area is 157 Å². The minimum atomic E-state index is -0.417. The molecule has 1 heterocycles. The summed E-state index contributed by atoms with van der Waals surface area (Å²) in [5.74, 6) is -0.387. The maximum atomic E-state index is 12.8. The Morgan fingerprint density at radius 2 is 1.96 bits per heavy atom. The quantitative estimate of drug-likeness (QED) is 0.864. The van der Waals surface area contributed by atoms with E-state index in [1.165, 1.54) is 6.42 Å². The SMILES string of the molecule is Cc1cc(C(=O)Nc2ccc(C(=O)N(C)C3CCCCC3)c(Cl)c2)on1. The van der Waals surface area contributed by atoms with Gasteiger partial charge < -0.3 is 14.7 Å². The van der Waals surface area contributed by atoms with Crippen molar-refractivity contribution in [1.29, 1.82) is 0 Å². The molecule has 0 spiro atoms. The molecule has 0 radical (unpaired) electrons. The molecule has 0 bridgehead atoms. The van der Waals surface area contributed by atoms with Crippen LogP contribution >= 0.6 is 11.6 Å². The lowest BCUT2D eigenvalue weighted by atomic mass is 9.94. The average molecular weight is 376 g/mol.